The van der Waals surface area contributed by atoms with Gasteiger partial charge in [-0.05, 0) is 32.9 Å². The molecular weight excluding hydrogens is 374 g/mol. The topological polar surface area (TPSA) is 89.3 Å². The van der Waals surface area contributed by atoms with E-state index in [-0.39, 0.29) is 6.10 Å². The molecule has 0 amide bonds. The summed E-state index contributed by atoms with van der Waals surface area (Å²) in [6.07, 6.45) is 4.31. The summed E-state index contributed by atoms with van der Waals surface area (Å²) in [7, 11) is 1.98. The highest BCUT2D eigenvalue weighted by Gasteiger charge is 2.26. The van der Waals surface area contributed by atoms with Gasteiger partial charge < -0.3 is 9.74 Å². The molecule has 3 aromatic heterocycles. The number of pyridine rings is 1. The number of aromatic nitrogens is 5. The first-order valence-electron chi connectivity index (χ1n) is 9.10. The average molecular weight is 395 g/mol. The number of oxime groups is 1. The van der Waals surface area contributed by atoms with E-state index in [2.05, 4.69) is 25.3 Å². The Morgan fingerprint density at radius 3 is 2.86 bits per heavy atom. The minimum Gasteiger partial charge on any atom is -0.393 e. The largest absolute Gasteiger partial charge is 0.393 e. The summed E-state index contributed by atoms with van der Waals surface area (Å²) in [5, 5.41) is 14.0. The molecular formula is C19H21N7OS. The van der Waals surface area contributed by atoms with Gasteiger partial charge in [-0.15, -0.1) is 21.5 Å². The van der Waals surface area contributed by atoms with Crippen molar-refractivity contribution in [1.82, 2.24) is 25.1 Å². The van der Waals surface area contributed by atoms with E-state index < -0.39 is 0 Å². The lowest BCUT2D eigenvalue weighted by atomic mass is 10.1. The molecule has 0 bridgehead atoms. The van der Waals surface area contributed by atoms with Crippen molar-refractivity contribution in [3.63, 3.8) is 0 Å². The third-order valence-electron chi connectivity index (χ3n) is 4.27. The van der Waals surface area contributed by atoms with E-state index in [0.717, 1.165) is 51.3 Å². The predicted octanol–water partition coefficient (Wildman–Crippen LogP) is 3.33. The fourth-order valence-corrected chi connectivity index (χ4v) is 3.83. The van der Waals surface area contributed by atoms with E-state index in [0.29, 0.717) is 5.82 Å². The summed E-state index contributed by atoms with van der Waals surface area (Å²) >= 11 is 1.54. The second kappa shape index (κ2) is 7.59. The number of rotatable bonds is 4. The van der Waals surface area contributed by atoms with Crippen molar-refractivity contribution in [2.24, 2.45) is 5.16 Å². The van der Waals surface area contributed by atoms with Crippen LogP contribution in [0.3, 0.4) is 0 Å². The van der Waals surface area contributed by atoms with Crippen LogP contribution in [0.15, 0.2) is 29.7 Å². The summed E-state index contributed by atoms with van der Waals surface area (Å²) in [5.74, 6) is 1.27. The van der Waals surface area contributed by atoms with Crippen LogP contribution in [-0.4, -0.2) is 50.6 Å². The van der Waals surface area contributed by atoms with Crippen molar-refractivity contribution >= 4 is 22.9 Å². The Hall–Kier alpha value is -2.94. The fraction of sp³-hybridized carbons (Fsp3) is 0.368. The first-order valence-corrected chi connectivity index (χ1v) is 9.91. The third-order valence-corrected chi connectivity index (χ3v) is 5.47. The van der Waals surface area contributed by atoms with Crippen molar-refractivity contribution in [3.05, 3.63) is 35.9 Å². The first-order chi connectivity index (χ1) is 13.5. The maximum Gasteiger partial charge on any atom is 0.194 e. The number of thiazole rings is 1. The zero-order valence-corrected chi connectivity index (χ0v) is 17.1. The lowest BCUT2D eigenvalue weighted by molar-refractivity contribution is 0.0855. The monoisotopic (exact) mass is 395 g/mol. The Labute approximate surface area is 167 Å². The highest BCUT2D eigenvalue weighted by molar-refractivity contribution is 7.18. The molecule has 9 heteroatoms. The number of hydrogen-bond acceptors (Lipinski definition) is 9. The zero-order valence-electron chi connectivity index (χ0n) is 16.2. The van der Waals surface area contributed by atoms with Crippen molar-refractivity contribution in [1.29, 1.82) is 0 Å². The van der Waals surface area contributed by atoms with E-state index in [4.69, 9.17) is 9.82 Å². The highest BCUT2D eigenvalue weighted by Crippen LogP contribution is 2.34. The minimum absolute atomic E-state index is 0.00986. The number of anilines is 1. The molecule has 0 saturated carbocycles. The molecule has 0 saturated heterocycles. The zero-order chi connectivity index (χ0) is 19.7. The summed E-state index contributed by atoms with van der Waals surface area (Å²) in [6.45, 7) is 6.65. The second-order valence-electron chi connectivity index (χ2n) is 6.85. The van der Waals surface area contributed by atoms with E-state index in [1.807, 2.05) is 44.9 Å². The molecule has 0 spiro atoms. The molecule has 0 aliphatic carbocycles. The Morgan fingerprint density at radius 2 is 2.11 bits per heavy atom. The maximum atomic E-state index is 5.47. The van der Waals surface area contributed by atoms with Gasteiger partial charge in [0.25, 0.3) is 0 Å². The molecule has 1 aliphatic rings. The number of hydrogen-bond donors (Lipinski definition) is 0. The Balaban J connectivity index is 1.75. The minimum atomic E-state index is 0.00986. The third kappa shape index (κ3) is 3.57. The standard InChI is InChI=1S/C19H21N7OS/c1-11(2)27-25-14-7-9-26(4)18-15(14)22-17(23-24-18)16-12(3)21-19(28-16)13-6-5-8-20-10-13/h5-6,8,10-11H,7,9H2,1-4H3. The molecule has 0 atom stereocenters. The van der Waals surface area contributed by atoms with Crippen molar-refractivity contribution in [3.8, 4) is 21.3 Å². The predicted molar refractivity (Wildman–Crippen MR) is 110 cm³/mol. The number of aryl methyl sites for hydroxylation is 1. The smallest absolute Gasteiger partial charge is 0.194 e. The second-order valence-corrected chi connectivity index (χ2v) is 7.85. The molecule has 4 rings (SSSR count). The Morgan fingerprint density at radius 1 is 1.25 bits per heavy atom. The Bertz CT molecular complexity index is 1020. The van der Waals surface area contributed by atoms with Crippen LogP contribution >= 0.6 is 11.3 Å². The molecule has 4 heterocycles. The van der Waals surface area contributed by atoms with Crippen LogP contribution in [0.2, 0.25) is 0 Å². The molecule has 1 aliphatic heterocycles. The molecule has 28 heavy (non-hydrogen) atoms. The van der Waals surface area contributed by atoms with Crippen molar-refractivity contribution in [2.75, 3.05) is 18.5 Å². The van der Waals surface area contributed by atoms with Crippen LogP contribution < -0.4 is 4.90 Å². The molecule has 0 N–H and O–H groups in total. The summed E-state index contributed by atoms with van der Waals surface area (Å²) in [5.41, 5.74) is 3.36. The first kappa shape index (κ1) is 18.4. The van der Waals surface area contributed by atoms with Gasteiger partial charge >= 0.3 is 0 Å². The van der Waals surface area contributed by atoms with Gasteiger partial charge in [-0.2, -0.15) is 0 Å². The normalized spacial score (nSPS) is 15.2. The molecule has 0 unspecified atom stereocenters. The lowest BCUT2D eigenvalue weighted by Crippen LogP contribution is -2.31. The summed E-state index contributed by atoms with van der Waals surface area (Å²) in [6, 6.07) is 3.89. The summed E-state index contributed by atoms with van der Waals surface area (Å²) in [4.78, 5) is 22.0. The van der Waals surface area contributed by atoms with E-state index in [1.165, 1.54) is 11.3 Å². The number of fused-ring (bicyclic) bond motifs is 1. The lowest BCUT2D eigenvalue weighted by Gasteiger charge is -2.25. The van der Waals surface area contributed by atoms with E-state index in [9.17, 15) is 0 Å². The van der Waals surface area contributed by atoms with Crippen LogP contribution in [0.4, 0.5) is 5.82 Å². The van der Waals surface area contributed by atoms with Gasteiger partial charge in [0.15, 0.2) is 11.6 Å². The van der Waals surface area contributed by atoms with E-state index in [1.54, 1.807) is 12.4 Å². The molecule has 3 aromatic rings. The molecule has 144 valence electrons. The van der Waals surface area contributed by atoms with Crippen LogP contribution in [0, 0.1) is 6.92 Å². The SMILES string of the molecule is Cc1nc(-c2cccnc2)sc1-c1nnc2c(n1)C(=NOC(C)C)CCN2C. The van der Waals surface area contributed by atoms with Gasteiger partial charge in [0.2, 0.25) is 0 Å². The van der Waals surface area contributed by atoms with E-state index >= 15 is 0 Å². The number of nitrogens with zero attached hydrogens (tertiary/aromatic N) is 7. The Kier molecular flexibility index (Phi) is 4.99. The molecule has 0 aromatic carbocycles. The van der Waals surface area contributed by atoms with Gasteiger partial charge in [-0.1, -0.05) is 5.16 Å². The quantitative estimate of drug-likeness (QED) is 0.626. The molecule has 8 nitrogen and oxygen atoms in total. The fourth-order valence-electron chi connectivity index (χ4n) is 2.84. The van der Waals surface area contributed by atoms with Gasteiger partial charge in [-0.3, -0.25) is 4.98 Å². The van der Waals surface area contributed by atoms with Gasteiger partial charge in [0.05, 0.1) is 10.6 Å². The maximum absolute atomic E-state index is 5.47. The highest BCUT2D eigenvalue weighted by atomic mass is 32.1. The average Bonchev–Trinajstić information content (AvgIpc) is 3.09. The summed E-state index contributed by atoms with van der Waals surface area (Å²) < 4.78 is 0. The van der Waals surface area contributed by atoms with Crippen LogP contribution in [0.25, 0.3) is 21.3 Å². The molecule has 0 fully saturated rings. The van der Waals surface area contributed by atoms with Crippen LogP contribution in [0.5, 0.6) is 0 Å². The van der Waals surface area contributed by atoms with Crippen molar-refractivity contribution in [2.45, 2.75) is 33.3 Å². The van der Waals surface area contributed by atoms with Gasteiger partial charge in [0, 0.05) is 38.0 Å². The van der Waals surface area contributed by atoms with Crippen molar-refractivity contribution < 1.29 is 4.84 Å². The molecule has 0 radical (unpaired) electrons. The van der Waals surface area contributed by atoms with Gasteiger partial charge in [-0.25, -0.2) is 9.97 Å². The van der Waals surface area contributed by atoms with Gasteiger partial charge in [0.1, 0.15) is 22.5 Å². The van der Waals surface area contributed by atoms with Crippen LogP contribution in [0.1, 0.15) is 31.7 Å². The van der Waals surface area contributed by atoms with Crippen LogP contribution in [-0.2, 0) is 4.84 Å².